The Bertz CT molecular complexity index is 502. The lowest BCUT2D eigenvalue weighted by molar-refractivity contribution is 0.0324. The molecule has 0 amide bonds. The van der Waals surface area contributed by atoms with E-state index in [1.54, 1.807) is 0 Å². The van der Waals surface area contributed by atoms with E-state index in [2.05, 4.69) is 41.6 Å². The first-order valence-electron chi connectivity index (χ1n) is 6.05. The molecule has 0 aliphatic rings. The summed E-state index contributed by atoms with van der Waals surface area (Å²) in [5.74, 6) is 0.0544. The van der Waals surface area contributed by atoms with Crippen molar-refractivity contribution in [3.05, 3.63) is 69.3 Å². The van der Waals surface area contributed by atoms with Crippen LogP contribution in [0.15, 0.2) is 54.6 Å². The number of hydrogen-bond donors (Lipinski definition) is 1. The summed E-state index contributed by atoms with van der Waals surface area (Å²) in [4.78, 5) is 0. The second-order valence-electron chi connectivity index (χ2n) is 4.79. The Morgan fingerprint density at radius 2 is 1.56 bits per heavy atom. The van der Waals surface area contributed by atoms with Crippen LogP contribution in [0.25, 0.3) is 0 Å². The van der Waals surface area contributed by atoms with Gasteiger partial charge < -0.3 is 5.11 Å². The number of rotatable bonds is 3. The summed E-state index contributed by atoms with van der Waals surface area (Å²) in [6, 6.07) is 18.2. The van der Waals surface area contributed by atoms with Crippen LogP contribution < -0.4 is 0 Å². The van der Waals surface area contributed by atoms with E-state index >= 15 is 0 Å². The Morgan fingerprint density at radius 3 is 2.11 bits per heavy atom. The van der Waals surface area contributed by atoms with Gasteiger partial charge in [0.15, 0.2) is 0 Å². The van der Waals surface area contributed by atoms with Crippen LogP contribution in [-0.2, 0) is 5.60 Å². The van der Waals surface area contributed by atoms with Gasteiger partial charge in [0, 0.05) is 9.49 Å². The first-order chi connectivity index (χ1) is 8.51. The molecule has 2 aromatic rings. The largest absolute Gasteiger partial charge is 0.385 e. The smallest absolute Gasteiger partial charge is 0.0934 e. The minimum absolute atomic E-state index is 0.0544. The van der Waals surface area contributed by atoms with Gasteiger partial charge in [-0.15, -0.1) is 0 Å². The highest BCUT2D eigenvalue weighted by molar-refractivity contribution is 14.1. The zero-order valence-electron chi connectivity index (χ0n) is 10.6. The second-order valence-corrected chi connectivity index (χ2v) is 6.03. The van der Waals surface area contributed by atoms with E-state index in [9.17, 15) is 5.11 Å². The van der Waals surface area contributed by atoms with Crippen LogP contribution in [-0.4, -0.2) is 5.11 Å². The molecule has 2 aromatic carbocycles. The van der Waals surface area contributed by atoms with Crippen molar-refractivity contribution in [3.8, 4) is 0 Å². The fourth-order valence-electron chi connectivity index (χ4n) is 2.10. The summed E-state index contributed by atoms with van der Waals surface area (Å²) >= 11 is 2.27. The van der Waals surface area contributed by atoms with E-state index in [1.165, 1.54) is 3.57 Å². The third-order valence-corrected chi connectivity index (χ3v) is 4.29. The van der Waals surface area contributed by atoms with E-state index in [4.69, 9.17) is 0 Å². The van der Waals surface area contributed by atoms with Crippen molar-refractivity contribution >= 4 is 22.6 Å². The molecule has 0 aliphatic heterocycles. The highest BCUT2D eigenvalue weighted by Gasteiger charge is 2.31. The standard InChI is InChI=1S/C16H17IO/c1-12(13-6-4-3-5-7-13)16(2,18)14-8-10-15(17)11-9-14/h3-12,18H,1-2H3/t12-,16+/m1/s1. The summed E-state index contributed by atoms with van der Waals surface area (Å²) in [5, 5.41) is 10.8. The molecule has 0 bridgehead atoms. The van der Waals surface area contributed by atoms with Crippen LogP contribution in [0.4, 0.5) is 0 Å². The van der Waals surface area contributed by atoms with E-state index in [0.29, 0.717) is 0 Å². The number of benzene rings is 2. The van der Waals surface area contributed by atoms with E-state index in [1.807, 2.05) is 49.4 Å². The number of halogens is 1. The molecular formula is C16H17IO. The molecule has 18 heavy (non-hydrogen) atoms. The van der Waals surface area contributed by atoms with Crippen molar-refractivity contribution in [1.82, 2.24) is 0 Å². The Kier molecular flexibility index (Phi) is 4.07. The fourth-order valence-corrected chi connectivity index (χ4v) is 2.46. The zero-order chi connectivity index (χ0) is 13.2. The number of aliphatic hydroxyl groups is 1. The summed E-state index contributed by atoms with van der Waals surface area (Å²) in [6.45, 7) is 3.94. The predicted molar refractivity (Wildman–Crippen MR) is 83.6 cm³/mol. The van der Waals surface area contributed by atoms with Crippen LogP contribution in [0.5, 0.6) is 0 Å². The highest BCUT2D eigenvalue weighted by Crippen LogP contribution is 2.36. The predicted octanol–water partition coefficient (Wildman–Crippen LogP) is 4.30. The normalized spacial score (nSPS) is 16.0. The fraction of sp³-hybridized carbons (Fsp3) is 0.250. The van der Waals surface area contributed by atoms with Crippen molar-refractivity contribution in [2.45, 2.75) is 25.4 Å². The molecule has 0 saturated carbocycles. The van der Waals surface area contributed by atoms with Crippen molar-refractivity contribution in [1.29, 1.82) is 0 Å². The van der Waals surface area contributed by atoms with Gasteiger partial charge in [-0.05, 0) is 52.8 Å². The van der Waals surface area contributed by atoms with Crippen LogP contribution in [0.2, 0.25) is 0 Å². The lowest BCUT2D eigenvalue weighted by Gasteiger charge is -2.31. The SMILES string of the molecule is C[C@H](c1ccccc1)[C@](C)(O)c1ccc(I)cc1. The summed E-state index contributed by atoms with van der Waals surface area (Å²) in [7, 11) is 0. The minimum Gasteiger partial charge on any atom is -0.385 e. The molecule has 2 rings (SSSR count). The van der Waals surface area contributed by atoms with Gasteiger partial charge in [0.2, 0.25) is 0 Å². The van der Waals surface area contributed by atoms with Crippen molar-refractivity contribution < 1.29 is 5.11 Å². The Balaban J connectivity index is 2.33. The molecule has 0 aromatic heterocycles. The van der Waals surface area contributed by atoms with Crippen molar-refractivity contribution in [2.24, 2.45) is 0 Å². The molecule has 94 valence electrons. The van der Waals surface area contributed by atoms with Gasteiger partial charge in [-0.2, -0.15) is 0 Å². The van der Waals surface area contributed by atoms with E-state index in [0.717, 1.165) is 11.1 Å². The molecule has 0 heterocycles. The average Bonchev–Trinajstić information content (AvgIpc) is 2.39. The third-order valence-electron chi connectivity index (χ3n) is 3.57. The lowest BCUT2D eigenvalue weighted by Crippen LogP contribution is -2.28. The molecule has 1 nitrogen and oxygen atoms in total. The molecule has 0 spiro atoms. The van der Waals surface area contributed by atoms with Gasteiger partial charge in [0.05, 0.1) is 5.60 Å². The van der Waals surface area contributed by atoms with Gasteiger partial charge in [-0.3, -0.25) is 0 Å². The van der Waals surface area contributed by atoms with Crippen molar-refractivity contribution in [2.75, 3.05) is 0 Å². The van der Waals surface area contributed by atoms with Gasteiger partial charge in [-0.1, -0.05) is 49.4 Å². The van der Waals surface area contributed by atoms with Gasteiger partial charge in [-0.25, -0.2) is 0 Å². The third kappa shape index (κ3) is 2.75. The quantitative estimate of drug-likeness (QED) is 0.817. The van der Waals surface area contributed by atoms with Crippen molar-refractivity contribution in [3.63, 3.8) is 0 Å². The molecule has 0 saturated heterocycles. The van der Waals surface area contributed by atoms with Crippen LogP contribution in [0.1, 0.15) is 30.9 Å². The maximum absolute atomic E-state index is 10.8. The van der Waals surface area contributed by atoms with Crippen LogP contribution >= 0.6 is 22.6 Å². The first kappa shape index (κ1) is 13.6. The zero-order valence-corrected chi connectivity index (χ0v) is 12.8. The van der Waals surface area contributed by atoms with Gasteiger partial charge in [0.25, 0.3) is 0 Å². The summed E-state index contributed by atoms with van der Waals surface area (Å²) in [5.41, 5.74) is 1.26. The van der Waals surface area contributed by atoms with Gasteiger partial charge in [0.1, 0.15) is 0 Å². The Morgan fingerprint density at radius 1 is 1.00 bits per heavy atom. The Labute approximate surface area is 122 Å². The number of hydrogen-bond acceptors (Lipinski definition) is 1. The average molecular weight is 352 g/mol. The van der Waals surface area contributed by atoms with E-state index in [-0.39, 0.29) is 5.92 Å². The molecular weight excluding hydrogens is 335 g/mol. The first-order valence-corrected chi connectivity index (χ1v) is 7.13. The molecule has 0 fully saturated rings. The van der Waals surface area contributed by atoms with Crippen LogP contribution in [0, 0.1) is 3.57 Å². The topological polar surface area (TPSA) is 20.2 Å². The molecule has 0 radical (unpaired) electrons. The molecule has 0 aliphatic carbocycles. The van der Waals surface area contributed by atoms with Crippen LogP contribution in [0.3, 0.4) is 0 Å². The highest BCUT2D eigenvalue weighted by atomic mass is 127. The summed E-state index contributed by atoms with van der Waals surface area (Å²) < 4.78 is 1.18. The Hall–Kier alpha value is -0.870. The maximum Gasteiger partial charge on any atom is 0.0934 e. The molecule has 1 N–H and O–H groups in total. The minimum atomic E-state index is -0.855. The monoisotopic (exact) mass is 352 g/mol. The summed E-state index contributed by atoms with van der Waals surface area (Å²) in [6.07, 6.45) is 0. The molecule has 2 heteroatoms. The van der Waals surface area contributed by atoms with Gasteiger partial charge >= 0.3 is 0 Å². The maximum atomic E-state index is 10.8. The second kappa shape index (κ2) is 5.41. The molecule has 0 unspecified atom stereocenters. The molecule has 2 atom stereocenters. The van der Waals surface area contributed by atoms with E-state index < -0.39 is 5.60 Å². The lowest BCUT2D eigenvalue weighted by atomic mass is 9.80.